The van der Waals surface area contributed by atoms with Crippen molar-refractivity contribution in [1.82, 2.24) is 14.5 Å². The third-order valence-corrected chi connectivity index (χ3v) is 6.08. The summed E-state index contributed by atoms with van der Waals surface area (Å²) in [4.78, 5) is 0.161. The lowest BCUT2D eigenvalue weighted by molar-refractivity contribution is 0.00219. The highest BCUT2D eigenvalue weighted by molar-refractivity contribution is 7.89. The van der Waals surface area contributed by atoms with Crippen LogP contribution in [0.2, 0.25) is 0 Å². The van der Waals surface area contributed by atoms with E-state index in [-0.39, 0.29) is 11.4 Å². The number of aromatic nitrogens is 2. The van der Waals surface area contributed by atoms with Crippen molar-refractivity contribution in [1.29, 1.82) is 0 Å². The van der Waals surface area contributed by atoms with E-state index >= 15 is 0 Å². The Morgan fingerprint density at radius 2 is 2.08 bits per heavy atom. The first kappa shape index (κ1) is 16.9. The molecule has 0 amide bonds. The van der Waals surface area contributed by atoms with E-state index in [0.29, 0.717) is 35.7 Å². The van der Waals surface area contributed by atoms with Crippen molar-refractivity contribution in [2.24, 2.45) is 7.05 Å². The molecular weight excluding hydrogens is 330 g/mol. The van der Waals surface area contributed by atoms with Crippen LogP contribution in [0.1, 0.15) is 23.4 Å². The van der Waals surface area contributed by atoms with Gasteiger partial charge >= 0.3 is 0 Å². The minimum Gasteiger partial charge on any atom is -0.493 e. The summed E-state index contributed by atoms with van der Waals surface area (Å²) in [5.74, 6) is 0.583. The first-order valence-corrected chi connectivity index (χ1v) is 9.17. The zero-order valence-electron chi connectivity index (χ0n) is 13.9. The van der Waals surface area contributed by atoms with Crippen LogP contribution >= 0.6 is 0 Å². The molecule has 0 spiro atoms. The highest BCUT2D eigenvalue weighted by atomic mass is 32.2. The quantitative estimate of drug-likeness (QED) is 0.857. The molecule has 2 aromatic rings. The molecule has 0 saturated heterocycles. The fourth-order valence-electron chi connectivity index (χ4n) is 3.05. The van der Waals surface area contributed by atoms with E-state index in [1.54, 1.807) is 39.1 Å². The zero-order chi connectivity index (χ0) is 17.5. The predicted molar refractivity (Wildman–Crippen MR) is 88.3 cm³/mol. The Balaban J connectivity index is 1.88. The molecule has 24 heavy (non-hydrogen) atoms. The molecule has 3 rings (SSSR count). The maximum atomic E-state index is 12.7. The molecule has 130 valence electrons. The van der Waals surface area contributed by atoms with Crippen LogP contribution in [0.15, 0.2) is 29.2 Å². The van der Waals surface area contributed by atoms with Crippen LogP contribution in [-0.2, 0) is 22.7 Å². The van der Waals surface area contributed by atoms with Gasteiger partial charge in [-0.05, 0) is 19.9 Å². The van der Waals surface area contributed by atoms with Crippen LogP contribution in [0.4, 0.5) is 0 Å². The third kappa shape index (κ3) is 2.81. The minimum absolute atomic E-state index is 0.122. The van der Waals surface area contributed by atoms with Gasteiger partial charge in [0.05, 0.1) is 18.0 Å². The SMILES string of the molecule is Cc1nn(C)c(C)c1S(=O)(=O)NC[C@]1(O)CCOc2ccccc21. The molecule has 2 N–H and O–H groups in total. The van der Waals surface area contributed by atoms with Gasteiger partial charge < -0.3 is 9.84 Å². The first-order valence-electron chi connectivity index (χ1n) is 7.69. The molecule has 1 aromatic carbocycles. The van der Waals surface area contributed by atoms with Gasteiger partial charge in [0.25, 0.3) is 0 Å². The van der Waals surface area contributed by atoms with Crippen molar-refractivity contribution in [3.8, 4) is 5.75 Å². The van der Waals surface area contributed by atoms with E-state index < -0.39 is 15.6 Å². The van der Waals surface area contributed by atoms with Crippen molar-refractivity contribution in [3.63, 3.8) is 0 Å². The summed E-state index contributed by atoms with van der Waals surface area (Å²) in [5.41, 5.74) is 0.283. The summed E-state index contributed by atoms with van der Waals surface area (Å²) in [6.07, 6.45) is 0.317. The van der Waals surface area contributed by atoms with Gasteiger partial charge in [0.2, 0.25) is 10.0 Å². The lowest BCUT2D eigenvalue weighted by atomic mass is 9.88. The Bertz CT molecular complexity index is 875. The summed E-state index contributed by atoms with van der Waals surface area (Å²) in [5, 5.41) is 15.1. The molecule has 0 bridgehead atoms. The molecule has 1 aromatic heterocycles. The number of aryl methyl sites for hydroxylation is 2. The van der Waals surface area contributed by atoms with Gasteiger partial charge in [-0.2, -0.15) is 5.10 Å². The van der Waals surface area contributed by atoms with Crippen LogP contribution < -0.4 is 9.46 Å². The Kier molecular flexibility index (Phi) is 4.15. The number of sulfonamides is 1. The number of fused-ring (bicyclic) bond motifs is 1. The van der Waals surface area contributed by atoms with E-state index in [0.717, 1.165) is 0 Å². The molecule has 0 radical (unpaired) electrons. The molecule has 8 heteroatoms. The number of ether oxygens (including phenoxy) is 1. The van der Waals surface area contributed by atoms with Gasteiger partial charge in [-0.25, -0.2) is 13.1 Å². The average molecular weight is 351 g/mol. The smallest absolute Gasteiger partial charge is 0.244 e. The number of nitrogens with one attached hydrogen (secondary N) is 1. The molecule has 1 atom stereocenters. The van der Waals surface area contributed by atoms with E-state index in [1.807, 2.05) is 6.07 Å². The monoisotopic (exact) mass is 351 g/mol. The number of hydrogen-bond donors (Lipinski definition) is 2. The predicted octanol–water partition coefficient (Wildman–Crippen LogP) is 0.986. The van der Waals surface area contributed by atoms with Gasteiger partial charge in [-0.3, -0.25) is 4.68 Å². The second-order valence-corrected chi connectivity index (χ2v) is 7.78. The molecule has 0 aliphatic carbocycles. The fourth-order valence-corrected chi connectivity index (χ4v) is 4.58. The molecule has 0 unspecified atom stereocenters. The number of para-hydroxylation sites is 1. The van der Waals surface area contributed by atoms with Gasteiger partial charge in [0.15, 0.2) is 0 Å². The largest absolute Gasteiger partial charge is 0.493 e. The standard InChI is InChI=1S/C16H21N3O4S/c1-11-15(12(2)19(3)18-11)24(21,22)17-10-16(20)8-9-23-14-7-5-4-6-13(14)16/h4-7,17,20H,8-10H2,1-3H3/t16-/m1/s1. The molecule has 1 aliphatic rings. The Morgan fingerprint density at radius 1 is 1.38 bits per heavy atom. The Hall–Kier alpha value is -1.90. The van der Waals surface area contributed by atoms with Crippen molar-refractivity contribution < 1.29 is 18.3 Å². The van der Waals surface area contributed by atoms with Crippen molar-refractivity contribution in [2.75, 3.05) is 13.2 Å². The first-order chi connectivity index (χ1) is 11.2. The summed E-state index contributed by atoms with van der Waals surface area (Å²) < 4.78 is 34.9. The number of nitrogens with zero attached hydrogens (tertiary/aromatic N) is 2. The Morgan fingerprint density at radius 3 is 2.75 bits per heavy atom. The second kappa shape index (κ2) is 5.87. The van der Waals surface area contributed by atoms with Gasteiger partial charge in [0.1, 0.15) is 16.2 Å². The molecular formula is C16H21N3O4S. The molecule has 0 saturated carbocycles. The summed E-state index contributed by atoms with van der Waals surface area (Å²) in [6, 6.07) is 7.13. The highest BCUT2D eigenvalue weighted by Gasteiger charge is 2.37. The minimum atomic E-state index is -3.77. The fraction of sp³-hybridized carbons (Fsp3) is 0.438. The molecule has 7 nitrogen and oxygen atoms in total. The van der Waals surface area contributed by atoms with Crippen molar-refractivity contribution in [2.45, 2.75) is 30.8 Å². The highest BCUT2D eigenvalue weighted by Crippen LogP contribution is 2.36. The van der Waals surface area contributed by atoms with Crippen LogP contribution in [-0.4, -0.2) is 36.5 Å². The van der Waals surface area contributed by atoms with Gasteiger partial charge in [0, 0.05) is 25.6 Å². The summed E-state index contributed by atoms with van der Waals surface area (Å²) in [7, 11) is -2.08. The lowest BCUT2D eigenvalue weighted by Gasteiger charge is -2.34. The number of benzene rings is 1. The van der Waals surface area contributed by atoms with E-state index in [4.69, 9.17) is 4.74 Å². The van der Waals surface area contributed by atoms with Crippen molar-refractivity contribution in [3.05, 3.63) is 41.2 Å². The number of rotatable bonds is 4. The average Bonchev–Trinajstić information content (AvgIpc) is 2.79. The van der Waals surface area contributed by atoms with Crippen LogP contribution in [0, 0.1) is 13.8 Å². The van der Waals surface area contributed by atoms with Gasteiger partial charge in [-0.15, -0.1) is 0 Å². The van der Waals surface area contributed by atoms with Gasteiger partial charge in [-0.1, -0.05) is 18.2 Å². The summed E-state index contributed by atoms with van der Waals surface area (Å²) in [6.45, 7) is 3.57. The lowest BCUT2D eigenvalue weighted by Crippen LogP contribution is -2.44. The topological polar surface area (TPSA) is 93.5 Å². The van der Waals surface area contributed by atoms with E-state index in [1.165, 1.54) is 4.68 Å². The maximum Gasteiger partial charge on any atom is 0.244 e. The Labute approximate surface area is 141 Å². The second-order valence-electron chi connectivity index (χ2n) is 6.07. The van der Waals surface area contributed by atoms with E-state index in [9.17, 15) is 13.5 Å². The molecule has 0 fully saturated rings. The van der Waals surface area contributed by atoms with Crippen LogP contribution in [0.3, 0.4) is 0 Å². The molecule has 1 aliphatic heterocycles. The number of aliphatic hydroxyl groups is 1. The number of hydrogen-bond acceptors (Lipinski definition) is 5. The molecule has 2 heterocycles. The van der Waals surface area contributed by atoms with Crippen molar-refractivity contribution >= 4 is 10.0 Å². The third-order valence-electron chi connectivity index (χ3n) is 4.43. The van der Waals surface area contributed by atoms with Crippen LogP contribution in [0.5, 0.6) is 5.75 Å². The summed E-state index contributed by atoms with van der Waals surface area (Å²) >= 11 is 0. The normalized spacial score (nSPS) is 20.5. The zero-order valence-corrected chi connectivity index (χ0v) is 14.7. The maximum absolute atomic E-state index is 12.7. The van der Waals surface area contributed by atoms with Crippen LogP contribution in [0.25, 0.3) is 0 Å². The van der Waals surface area contributed by atoms with E-state index in [2.05, 4.69) is 9.82 Å².